The molecule has 2 aliphatic carbocycles. The second-order valence-corrected chi connectivity index (χ2v) is 6.94. The third-order valence-corrected chi connectivity index (χ3v) is 4.72. The van der Waals surface area contributed by atoms with Crippen LogP contribution in [0.15, 0.2) is 0 Å². The highest BCUT2D eigenvalue weighted by atomic mass is 19.4. The van der Waals surface area contributed by atoms with Crippen LogP contribution in [-0.4, -0.2) is 36.2 Å². The molecule has 2 aliphatic rings. The molecule has 5 heteroatoms. The summed E-state index contributed by atoms with van der Waals surface area (Å²) >= 11 is 0. The van der Waals surface area contributed by atoms with E-state index >= 15 is 0 Å². The van der Waals surface area contributed by atoms with Crippen LogP contribution in [0.5, 0.6) is 0 Å². The van der Waals surface area contributed by atoms with Crippen molar-refractivity contribution in [1.82, 2.24) is 4.90 Å². The van der Waals surface area contributed by atoms with E-state index in [0.717, 1.165) is 32.1 Å². The Morgan fingerprint density at radius 3 is 2.37 bits per heavy atom. The SMILES string of the molecule is CC1(C)CCCC(CN(CC(F)(F)F)C2CC2)C1N. The Bertz CT molecular complexity index is 310. The molecule has 0 aliphatic heterocycles. The van der Waals surface area contributed by atoms with E-state index in [1.165, 1.54) is 0 Å². The summed E-state index contributed by atoms with van der Waals surface area (Å²) < 4.78 is 37.9. The fraction of sp³-hybridized carbons (Fsp3) is 1.00. The quantitative estimate of drug-likeness (QED) is 0.856. The molecule has 2 N–H and O–H groups in total. The topological polar surface area (TPSA) is 29.3 Å². The Kier molecular flexibility index (Phi) is 4.17. The second-order valence-electron chi connectivity index (χ2n) is 6.94. The molecule has 2 saturated carbocycles. The van der Waals surface area contributed by atoms with Crippen LogP contribution in [0.4, 0.5) is 13.2 Å². The van der Waals surface area contributed by atoms with E-state index in [4.69, 9.17) is 5.73 Å². The summed E-state index contributed by atoms with van der Waals surface area (Å²) in [5.41, 5.74) is 6.33. The zero-order chi connectivity index (χ0) is 14.3. The fourth-order valence-electron chi connectivity index (χ4n) is 3.32. The first-order valence-corrected chi connectivity index (χ1v) is 7.25. The lowest BCUT2D eigenvalue weighted by molar-refractivity contribution is -0.149. The van der Waals surface area contributed by atoms with Gasteiger partial charge in [0.1, 0.15) is 0 Å². The van der Waals surface area contributed by atoms with Gasteiger partial charge in [-0.15, -0.1) is 0 Å². The molecule has 0 aromatic heterocycles. The van der Waals surface area contributed by atoms with Crippen molar-refractivity contribution in [2.45, 2.75) is 64.2 Å². The maximum Gasteiger partial charge on any atom is 0.401 e. The molecule has 0 aromatic rings. The zero-order valence-corrected chi connectivity index (χ0v) is 11.8. The number of rotatable bonds is 4. The van der Waals surface area contributed by atoms with Crippen LogP contribution in [0, 0.1) is 11.3 Å². The largest absolute Gasteiger partial charge is 0.401 e. The summed E-state index contributed by atoms with van der Waals surface area (Å²) in [5, 5.41) is 0. The van der Waals surface area contributed by atoms with E-state index in [1.807, 2.05) is 0 Å². The van der Waals surface area contributed by atoms with Gasteiger partial charge in [0.25, 0.3) is 0 Å². The Labute approximate surface area is 113 Å². The number of hydrogen-bond acceptors (Lipinski definition) is 2. The summed E-state index contributed by atoms with van der Waals surface area (Å²) in [6.45, 7) is 4.00. The first-order valence-electron chi connectivity index (χ1n) is 7.25. The molecule has 2 atom stereocenters. The van der Waals surface area contributed by atoms with Gasteiger partial charge in [0.05, 0.1) is 6.54 Å². The minimum absolute atomic E-state index is 0.00994. The van der Waals surface area contributed by atoms with Crippen molar-refractivity contribution < 1.29 is 13.2 Å². The van der Waals surface area contributed by atoms with E-state index in [9.17, 15) is 13.2 Å². The Hall–Kier alpha value is -0.290. The smallest absolute Gasteiger partial charge is 0.327 e. The first kappa shape index (κ1) is 15.1. The van der Waals surface area contributed by atoms with Crippen molar-refractivity contribution in [1.29, 1.82) is 0 Å². The molecule has 0 bridgehead atoms. The molecule has 0 saturated heterocycles. The number of nitrogens with zero attached hydrogens (tertiary/aromatic N) is 1. The van der Waals surface area contributed by atoms with Gasteiger partial charge in [-0.2, -0.15) is 13.2 Å². The summed E-state index contributed by atoms with van der Waals surface area (Å²) in [5.74, 6) is 0.201. The molecular weight excluding hydrogens is 253 g/mol. The molecule has 0 radical (unpaired) electrons. The van der Waals surface area contributed by atoms with Crippen LogP contribution < -0.4 is 5.73 Å². The van der Waals surface area contributed by atoms with Gasteiger partial charge in [0, 0.05) is 18.6 Å². The van der Waals surface area contributed by atoms with Crippen LogP contribution in [0.25, 0.3) is 0 Å². The lowest BCUT2D eigenvalue weighted by atomic mass is 9.68. The van der Waals surface area contributed by atoms with Crippen molar-refractivity contribution in [2.75, 3.05) is 13.1 Å². The molecule has 19 heavy (non-hydrogen) atoms. The van der Waals surface area contributed by atoms with Gasteiger partial charge in [-0.3, -0.25) is 4.90 Å². The third-order valence-electron chi connectivity index (χ3n) is 4.72. The third kappa shape index (κ3) is 4.09. The van der Waals surface area contributed by atoms with Gasteiger partial charge in [0.2, 0.25) is 0 Å². The molecule has 2 nitrogen and oxygen atoms in total. The summed E-state index contributed by atoms with van der Waals surface area (Å²) in [6.07, 6.45) is 0.828. The van der Waals surface area contributed by atoms with Crippen molar-refractivity contribution in [2.24, 2.45) is 17.1 Å². The molecule has 0 amide bonds. The minimum Gasteiger partial charge on any atom is -0.327 e. The number of nitrogens with two attached hydrogens (primary N) is 1. The molecule has 2 unspecified atom stereocenters. The van der Waals surface area contributed by atoms with Gasteiger partial charge in [-0.25, -0.2) is 0 Å². The normalized spacial score (nSPS) is 31.7. The fourth-order valence-corrected chi connectivity index (χ4v) is 3.32. The van der Waals surface area contributed by atoms with E-state index < -0.39 is 12.7 Å². The monoisotopic (exact) mass is 278 g/mol. The predicted molar refractivity (Wildman–Crippen MR) is 69.7 cm³/mol. The van der Waals surface area contributed by atoms with Gasteiger partial charge in [-0.1, -0.05) is 20.3 Å². The summed E-state index contributed by atoms with van der Waals surface area (Å²) in [4.78, 5) is 1.62. The predicted octanol–water partition coefficient (Wildman–Crippen LogP) is 3.17. The first-order chi connectivity index (χ1) is 8.69. The highest BCUT2D eigenvalue weighted by Gasteiger charge is 2.42. The lowest BCUT2D eigenvalue weighted by Gasteiger charge is -2.43. The Morgan fingerprint density at radius 1 is 1.21 bits per heavy atom. The van der Waals surface area contributed by atoms with Gasteiger partial charge in [-0.05, 0) is 37.0 Å². The Morgan fingerprint density at radius 2 is 1.84 bits per heavy atom. The molecule has 112 valence electrons. The van der Waals surface area contributed by atoms with Crippen LogP contribution in [0.1, 0.15) is 46.0 Å². The van der Waals surface area contributed by atoms with Crippen molar-refractivity contribution in [3.05, 3.63) is 0 Å². The zero-order valence-electron chi connectivity index (χ0n) is 11.8. The van der Waals surface area contributed by atoms with E-state index in [2.05, 4.69) is 13.8 Å². The molecule has 2 rings (SSSR count). The van der Waals surface area contributed by atoms with Gasteiger partial charge in [0.15, 0.2) is 0 Å². The standard InChI is InChI=1S/C14H25F3N2/c1-13(2)7-3-4-10(12(13)18)8-19(11-5-6-11)9-14(15,16)17/h10-12H,3-9,18H2,1-2H3. The highest BCUT2D eigenvalue weighted by Crippen LogP contribution is 2.39. The Balaban J connectivity index is 1.97. The van der Waals surface area contributed by atoms with Gasteiger partial charge < -0.3 is 5.73 Å². The maximum absolute atomic E-state index is 12.6. The molecule has 0 spiro atoms. The van der Waals surface area contributed by atoms with Gasteiger partial charge >= 0.3 is 6.18 Å². The van der Waals surface area contributed by atoms with E-state index in [0.29, 0.717) is 6.54 Å². The van der Waals surface area contributed by atoms with E-state index in [1.54, 1.807) is 4.90 Å². The van der Waals surface area contributed by atoms with Crippen LogP contribution in [0.2, 0.25) is 0 Å². The molecule has 0 aromatic carbocycles. The van der Waals surface area contributed by atoms with Crippen LogP contribution in [-0.2, 0) is 0 Å². The highest BCUT2D eigenvalue weighted by molar-refractivity contribution is 4.95. The average Bonchev–Trinajstić information content (AvgIpc) is 3.05. The van der Waals surface area contributed by atoms with Crippen molar-refractivity contribution in [3.63, 3.8) is 0 Å². The lowest BCUT2D eigenvalue weighted by Crippen LogP contribution is -2.51. The number of alkyl halides is 3. The number of hydrogen-bond donors (Lipinski definition) is 1. The van der Waals surface area contributed by atoms with Crippen LogP contribution >= 0.6 is 0 Å². The number of halogens is 3. The van der Waals surface area contributed by atoms with Crippen LogP contribution in [0.3, 0.4) is 0 Å². The maximum atomic E-state index is 12.6. The molecule has 0 heterocycles. The summed E-state index contributed by atoms with van der Waals surface area (Å²) in [7, 11) is 0. The minimum atomic E-state index is -4.10. The summed E-state index contributed by atoms with van der Waals surface area (Å²) in [6, 6.07) is 0.148. The molecule has 2 fully saturated rings. The van der Waals surface area contributed by atoms with E-state index in [-0.39, 0.29) is 23.4 Å². The van der Waals surface area contributed by atoms with Crippen molar-refractivity contribution in [3.8, 4) is 0 Å². The average molecular weight is 278 g/mol. The van der Waals surface area contributed by atoms with Crippen molar-refractivity contribution >= 4 is 0 Å². The second kappa shape index (κ2) is 5.24. The molecular formula is C14H25F3N2.